The first-order valence-corrected chi connectivity index (χ1v) is 9.47. The average Bonchev–Trinajstić information content (AvgIpc) is 3.16. The van der Waals surface area contributed by atoms with Crippen LogP contribution in [0.25, 0.3) is 0 Å². The van der Waals surface area contributed by atoms with Crippen LogP contribution in [0, 0.1) is 6.92 Å². The van der Waals surface area contributed by atoms with Crippen molar-refractivity contribution < 1.29 is 4.79 Å². The second kappa shape index (κ2) is 7.74. The zero-order valence-corrected chi connectivity index (χ0v) is 15.6. The van der Waals surface area contributed by atoms with Crippen LogP contribution in [0.3, 0.4) is 0 Å². The van der Waals surface area contributed by atoms with Gasteiger partial charge in [0.2, 0.25) is 0 Å². The van der Waals surface area contributed by atoms with E-state index in [-0.39, 0.29) is 5.91 Å². The van der Waals surface area contributed by atoms with E-state index in [4.69, 9.17) is 0 Å². The molecular formula is C22H24N4O. The molecule has 0 unspecified atom stereocenters. The minimum absolute atomic E-state index is 0.133. The predicted molar refractivity (Wildman–Crippen MR) is 105 cm³/mol. The largest absolute Gasteiger partial charge is 0.339 e. The van der Waals surface area contributed by atoms with Crippen LogP contribution in [0.4, 0.5) is 0 Å². The van der Waals surface area contributed by atoms with Crippen LogP contribution in [-0.2, 0) is 6.54 Å². The number of carbonyl (C=O) groups is 1. The van der Waals surface area contributed by atoms with Crippen molar-refractivity contribution in [1.29, 1.82) is 0 Å². The highest BCUT2D eigenvalue weighted by molar-refractivity contribution is 5.94. The van der Waals surface area contributed by atoms with Gasteiger partial charge in [-0.05, 0) is 44.0 Å². The topological polar surface area (TPSA) is 51.0 Å². The van der Waals surface area contributed by atoms with Gasteiger partial charge in [-0.15, -0.1) is 0 Å². The molecule has 3 aromatic rings. The second-order valence-corrected chi connectivity index (χ2v) is 7.17. The summed E-state index contributed by atoms with van der Waals surface area (Å²) in [6, 6.07) is 13.8. The van der Waals surface area contributed by atoms with Gasteiger partial charge >= 0.3 is 0 Å². The van der Waals surface area contributed by atoms with E-state index in [1.54, 1.807) is 0 Å². The van der Waals surface area contributed by atoms with Crippen molar-refractivity contribution >= 4 is 5.91 Å². The smallest absolute Gasteiger partial charge is 0.253 e. The Morgan fingerprint density at radius 1 is 1.07 bits per heavy atom. The molecule has 2 aromatic heterocycles. The zero-order valence-electron chi connectivity index (χ0n) is 15.6. The molecule has 5 nitrogen and oxygen atoms in total. The third kappa shape index (κ3) is 3.92. The molecule has 3 heterocycles. The number of piperidine rings is 1. The lowest BCUT2D eigenvalue weighted by atomic mass is 9.95. The molecule has 5 heteroatoms. The molecule has 4 rings (SSSR count). The molecule has 1 aliphatic heterocycles. The number of pyridine rings is 1. The van der Waals surface area contributed by atoms with Crippen molar-refractivity contribution in [2.24, 2.45) is 0 Å². The molecular weight excluding hydrogens is 336 g/mol. The van der Waals surface area contributed by atoms with Gasteiger partial charge in [-0.2, -0.15) is 0 Å². The standard InChI is InChI=1S/C22H24N4O/c1-17-5-4-6-19(15-17)22(27)25-12-8-18(9-13-25)21-24-11-14-26(21)16-20-7-2-3-10-23-20/h2-7,10-11,14-15,18H,8-9,12-13,16H2,1H3. The third-order valence-electron chi connectivity index (χ3n) is 5.22. The summed E-state index contributed by atoms with van der Waals surface area (Å²) in [6.45, 7) is 4.30. The molecule has 0 saturated carbocycles. The van der Waals surface area contributed by atoms with Gasteiger partial charge in [0, 0.05) is 43.2 Å². The summed E-state index contributed by atoms with van der Waals surface area (Å²) in [4.78, 5) is 23.7. The molecule has 1 fully saturated rings. The van der Waals surface area contributed by atoms with Gasteiger partial charge in [-0.3, -0.25) is 9.78 Å². The van der Waals surface area contributed by atoms with Crippen molar-refractivity contribution in [3.63, 3.8) is 0 Å². The summed E-state index contributed by atoms with van der Waals surface area (Å²) in [6.07, 6.45) is 7.59. The van der Waals surface area contributed by atoms with Crippen LogP contribution >= 0.6 is 0 Å². The molecule has 1 aromatic carbocycles. The Morgan fingerprint density at radius 2 is 1.93 bits per heavy atom. The van der Waals surface area contributed by atoms with Crippen LogP contribution in [0.1, 0.15) is 46.2 Å². The van der Waals surface area contributed by atoms with E-state index in [2.05, 4.69) is 14.5 Å². The summed E-state index contributed by atoms with van der Waals surface area (Å²) in [7, 11) is 0. The van der Waals surface area contributed by atoms with E-state index in [1.807, 2.05) is 72.9 Å². The van der Waals surface area contributed by atoms with E-state index in [1.165, 1.54) is 0 Å². The van der Waals surface area contributed by atoms with E-state index < -0.39 is 0 Å². The maximum Gasteiger partial charge on any atom is 0.253 e. The van der Waals surface area contributed by atoms with E-state index >= 15 is 0 Å². The Balaban J connectivity index is 1.41. The first kappa shape index (κ1) is 17.5. The Hall–Kier alpha value is -2.95. The van der Waals surface area contributed by atoms with Crippen molar-refractivity contribution in [1.82, 2.24) is 19.4 Å². The van der Waals surface area contributed by atoms with E-state index in [0.717, 1.165) is 55.1 Å². The van der Waals surface area contributed by atoms with Crippen molar-refractivity contribution in [2.45, 2.75) is 32.2 Å². The highest BCUT2D eigenvalue weighted by atomic mass is 16.2. The number of likely N-dealkylation sites (tertiary alicyclic amines) is 1. The maximum atomic E-state index is 12.8. The van der Waals surface area contributed by atoms with Crippen molar-refractivity contribution in [2.75, 3.05) is 13.1 Å². The normalized spacial score (nSPS) is 15.1. The molecule has 1 saturated heterocycles. The minimum Gasteiger partial charge on any atom is -0.339 e. The molecule has 1 aliphatic rings. The van der Waals surface area contributed by atoms with Gasteiger partial charge in [0.15, 0.2) is 0 Å². The molecule has 0 bridgehead atoms. The molecule has 0 N–H and O–H groups in total. The summed E-state index contributed by atoms with van der Waals surface area (Å²) >= 11 is 0. The number of aryl methyl sites for hydroxylation is 1. The van der Waals surface area contributed by atoms with Gasteiger partial charge in [0.05, 0.1) is 12.2 Å². The van der Waals surface area contributed by atoms with Crippen molar-refractivity contribution in [3.8, 4) is 0 Å². The number of benzene rings is 1. The number of rotatable bonds is 4. The molecule has 1 amide bonds. The Labute approximate surface area is 159 Å². The second-order valence-electron chi connectivity index (χ2n) is 7.17. The quantitative estimate of drug-likeness (QED) is 0.713. The summed E-state index contributed by atoms with van der Waals surface area (Å²) in [5, 5.41) is 0. The fraction of sp³-hybridized carbons (Fsp3) is 0.318. The maximum absolute atomic E-state index is 12.8. The summed E-state index contributed by atoms with van der Waals surface area (Å²) in [5.74, 6) is 1.61. The minimum atomic E-state index is 0.133. The Kier molecular flexibility index (Phi) is 5.01. The molecule has 27 heavy (non-hydrogen) atoms. The van der Waals surface area contributed by atoms with Gasteiger partial charge in [-0.25, -0.2) is 4.98 Å². The first-order valence-electron chi connectivity index (χ1n) is 9.47. The fourth-order valence-electron chi connectivity index (χ4n) is 3.78. The SMILES string of the molecule is Cc1cccc(C(=O)N2CCC(c3nccn3Cc3ccccn3)CC2)c1. The monoisotopic (exact) mass is 360 g/mol. The summed E-state index contributed by atoms with van der Waals surface area (Å²) in [5.41, 5.74) is 2.93. The Bertz CT molecular complexity index is 911. The van der Waals surface area contributed by atoms with Crippen LogP contribution in [0.15, 0.2) is 61.1 Å². The number of imidazole rings is 1. The molecule has 0 spiro atoms. The van der Waals surface area contributed by atoms with E-state index in [0.29, 0.717) is 5.92 Å². The lowest BCUT2D eigenvalue weighted by Crippen LogP contribution is -2.38. The zero-order chi connectivity index (χ0) is 18.6. The van der Waals surface area contributed by atoms with E-state index in [9.17, 15) is 4.79 Å². The number of carbonyl (C=O) groups excluding carboxylic acids is 1. The van der Waals surface area contributed by atoms with Crippen LogP contribution in [-0.4, -0.2) is 38.4 Å². The highest BCUT2D eigenvalue weighted by Gasteiger charge is 2.27. The summed E-state index contributed by atoms with van der Waals surface area (Å²) < 4.78 is 2.19. The first-order chi connectivity index (χ1) is 13.2. The Morgan fingerprint density at radius 3 is 2.67 bits per heavy atom. The average molecular weight is 360 g/mol. The molecule has 0 aliphatic carbocycles. The van der Waals surface area contributed by atoms with Gasteiger partial charge < -0.3 is 9.47 Å². The van der Waals surface area contributed by atoms with Crippen LogP contribution in [0.5, 0.6) is 0 Å². The van der Waals surface area contributed by atoms with Crippen LogP contribution < -0.4 is 0 Å². The van der Waals surface area contributed by atoms with Gasteiger partial charge in [0.1, 0.15) is 5.82 Å². The molecule has 0 radical (unpaired) electrons. The third-order valence-corrected chi connectivity index (χ3v) is 5.22. The predicted octanol–water partition coefficient (Wildman–Crippen LogP) is 3.65. The number of aromatic nitrogens is 3. The number of amides is 1. The van der Waals surface area contributed by atoms with Gasteiger partial charge in [-0.1, -0.05) is 23.8 Å². The molecule has 138 valence electrons. The van der Waals surface area contributed by atoms with Gasteiger partial charge in [0.25, 0.3) is 5.91 Å². The fourth-order valence-corrected chi connectivity index (χ4v) is 3.78. The lowest BCUT2D eigenvalue weighted by Gasteiger charge is -2.32. The van der Waals surface area contributed by atoms with Crippen molar-refractivity contribution in [3.05, 3.63) is 83.7 Å². The number of nitrogens with zero attached hydrogens (tertiary/aromatic N) is 4. The lowest BCUT2D eigenvalue weighted by molar-refractivity contribution is 0.0710. The molecule has 0 atom stereocenters. The highest BCUT2D eigenvalue weighted by Crippen LogP contribution is 2.28. The number of hydrogen-bond acceptors (Lipinski definition) is 3. The number of hydrogen-bond donors (Lipinski definition) is 0. The van der Waals surface area contributed by atoms with Crippen LogP contribution in [0.2, 0.25) is 0 Å².